The third-order valence-corrected chi connectivity index (χ3v) is 6.24. The third-order valence-electron chi connectivity index (χ3n) is 4.08. The molecular weight excluding hydrogens is 391 g/mol. The topological polar surface area (TPSA) is 102 Å². The lowest BCUT2D eigenvalue weighted by Crippen LogP contribution is -2.18. The zero-order valence-electron chi connectivity index (χ0n) is 15.3. The predicted molar refractivity (Wildman–Crippen MR) is 108 cm³/mol. The average molecular weight is 408 g/mol. The van der Waals surface area contributed by atoms with Crippen LogP contribution in [0.3, 0.4) is 0 Å². The molecule has 29 heavy (non-hydrogen) atoms. The van der Waals surface area contributed by atoms with E-state index >= 15 is 0 Å². The van der Waals surface area contributed by atoms with Gasteiger partial charge in [-0.2, -0.15) is 5.26 Å². The Hall–Kier alpha value is -3.62. The van der Waals surface area contributed by atoms with Gasteiger partial charge in [-0.25, -0.2) is 4.57 Å². The summed E-state index contributed by atoms with van der Waals surface area (Å²) in [6.07, 6.45) is 0. The number of nitriles is 1. The number of para-hydroxylation sites is 2. The number of nitrogens with zero attached hydrogens (tertiary/aromatic N) is 2. The quantitative estimate of drug-likeness (QED) is 0.287. The molecule has 0 radical (unpaired) electrons. The molecular formula is C21H17N2O5P. The van der Waals surface area contributed by atoms with Crippen LogP contribution in [-0.4, -0.2) is 11.5 Å². The van der Waals surface area contributed by atoms with Crippen molar-refractivity contribution in [2.75, 3.05) is 6.54 Å². The first kappa shape index (κ1) is 20.1. The van der Waals surface area contributed by atoms with E-state index in [9.17, 15) is 14.7 Å². The van der Waals surface area contributed by atoms with E-state index in [0.717, 1.165) is 0 Å². The van der Waals surface area contributed by atoms with Crippen molar-refractivity contribution in [1.82, 2.24) is 0 Å². The van der Waals surface area contributed by atoms with Gasteiger partial charge in [-0.05, 0) is 42.0 Å². The molecule has 3 rings (SSSR count). The van der Waals surface area contributed by atoms with Gasteiger partial charge in [-0.1, -0.05) is 48.5 Å². The molecule has 1 atom stereocenters. The predicted octanol–water partition coefficient (Wildman–Crippen LogP) is 5.23. The molecule has 3 aromatic rings. The maximum absolute atomic E-state index is 13.9. The second-order valence-electron chi connectivity index (χ2n) is 6.11. The van der Waals surface area contributed by atoms with E-state index in [4.69, 9.17) is 14.3 Å². The van der Waals surface area contributed by atoms with E-state index in [2.05, 4.69) is 0 Å². The molecule has 8 heteroatoms. The molecule has 0 N–H and O–H groups in total. The van der Waals surface area contributed by atoms with Crippen LogP contribution in [0.2, 0.25) is 0 Å². The fraction of sp³-hybridized carbons (Fsp3) is 0.0952. The number of nitro groups is 1. The molecule has 146 valence electrons. The first-order chi connectivity index (χ1) is 14.0. The molecule has 0 saturated carbocycles. The van der Waals surface area contributed by atoms with Crippen LogP contribution in [0.25, 0.3) is 0 Å². The van der Waals surface area contributed by atoms with Gasteiger partial charge >= 0.3 is 7.60 Å². The van der Waals surface area contributed by atoms with Gasteiger partial charge < -0.3 is 9.05 Å². The van der Waals surface area contributed by atoms with Gasteiger partial charge in [-0.15, -0.1) is 0 Å². The van der Waals surface area contributed by atoms with E-state index in [0.29, 0.717) is 11.1 Å². The van der Waals surface area contributed by atoms with E-state index in [1.165, 1.54) is 24.3 Å². The molecule has 0 fully saturated rings. The number of benzene rings is 3. The fourth-order valence-corrected chi connectivity index (χ4v) is 4.70. The Labute approximate surface area is 167 Å². The summed E-state index contributed by atoms with van der Waals surface area (Å²) in [6.45, 7) is -0.664. The molecule has 0 bridgehead atoms. The molecule has 0 spiro atoms. The lowest BCUT2D eigenvalue weighted by atomic mass is 10.1. The summed E-state index contributed by atoms with van der Waals surface area (Å²) < 4.78 is 25.4. The summed E-state index contributed by atoms with van der Waals surface area (Å²) in [5, 5.41) is 20.4. The smallest absolute Gasteiger partial charge is 0.415 e. The maximum Gasteiger partial charge on any atom is 0.444 e. The van der Waals surface area contributed by atoms with Gasteiger partial charge in [0.2, 0.25) is 6.54 Å². The van der Waals surface area contributed by atoms with Crippen LogP contribution >= 0.6 is 7.60 Å². The summed E-state index contributed by atoms with van der Waals surface area (Å²) in [5.41, 5.74) is -0.405. The lowest BCUT2D eigenvalue weighted by molar-refractivity contribution is -0.480. The van der Waals surface area contributed by atoms with Crippen molar-refractivity contribution in [3.8, 4) is 17.6 Å². The van der Waals surface area contributed by atoms with Crippen LogP contribution in [0.1, 0.15) is 16.8 Å². The standard InChI is InChI=1S/C21H17N2O5P/c22-15-17-11-13-18(14-12-17)21(16-23(24)25)29(26,27-19-7-3-1-4-8-19)28-20-9-5-2-6-10-20/h1-14,21H,16H2/t21-/m0/s1. The molecule has 0 aromatic heterocycles. The van der Waals surface area contributed by atoms with Crippen molar-refractivity contribution in [3.63, 3.8) is 0 Å². The minimum absolute atomic E-state index is 0.272. The van der Waals surface area contributed by atoms with Gasteiger partial charge in [0.05, 0.1) is 11.6 Å². The van der Waals surface area contributed by atoms with Crippen LogP contribution in [0.5, 0.6) is 11.5 Å². The SMILES string of the molecule is N#Cc1ccc([C@H](C[N+](=O)[O-])P(=O)(Oc2ccccc2)Oc2ccccc2)cc1. The average Bonchev–Trinajstić information content (AvgIpc) is 2.73. The van der Waals surface area contributed by atoms with E-state index in [1.807, 2.05) is 6.07 Å². The third kappa shape index (κ3) is 5.22. The zero-order chi connectivity index (χ0) is 20.7. The Bertz CT molecular complexity index is 1000. The van der Waals surface area contributed by atoms with Crippen LogP contribution in [-0.2, 0) is 4.57 Å². The fourth-order valence-electron chi connectivity index (χ4n) is 2.71. The van der Waals surface area contributed by atoms with Crippen LogP contribution in [0.15, 0.2) is 84.9 Å². The molecule has 0 saturated heterocycles. The van der Waals surface area contributed by atoms with Crippen molar-refractivity contribution in [3.05, 3.63) is 106 Å². The molecule has 0 heterocycles. The van der Waals surface area contributed by atoms with E-state index in [1.54, 1.807) is 60.7 Å². The normalized spacial score (nSPS) is 11.8. The van der Waals surface area contributed by atoms with E-state index in [-0.39, 0.29) is 11.5 Å². The zero-order valence-corrected chi connectivity index (χ0v) is 16.1. The van der Waals surface area contributed by atoms with Crippen molar-refractivity contribution in [1.29, 1.82) is 5.26 Å². The minimum atomic E-state index is -4.10. The Kier molecular flexibility index (Phi) is 6.28. The molecule has 0 aliphatic rings. The Morgan fingerprint density at radius 3 is 1.79 bits per heavy atom. The number of rotatable bonds is 8. The van der Waals surface area contributed by atoms with Gasteiger partial charge in [-0.3, -0.25) is 10.1 Å². The van der Waals surface area contributed by atoms with Crippen LogP contribution in [0, 0.1) is 21.4 Å². The second-order valence-corrected chi connectivity index (χ2v) is 8.18. The molecule has 0 aliphatic carbocycles. The summed E-state index contributed by atoms with van der Waals surface area (Å²) >= 11 is 0. The van der Waals surface area contributed by atoms with E-state index < -0.39 is 24.7 Å². The Balaban J connectivity index is 2.06. The minimum Gasteiger partial charge on any atom is -0.415 e. The van der Waals surface area contributed by atoms with Gasteiger partial charge in [0.15, 0.2) is 5.66 Å². The lowest BCUT2D eigenvalue weighted by Gasteiger charge is -2.25. The maximum atomic E-state index is 13.9. The van der Waals surface area contributed by atoms with Crippen molar-refractivity contribution < 1.29 is 18.5 Å². The second kappa shape index (κ2) is 9.05. The molecule has 3 aromatic carbocycles. The summed E-state index contributed by atoms with van der Waals surface area (Å²) in [7, 11) is -4.10. The van der Waals surface area contributed by atoms with Crippen molar-refractivity contribution in [2.45, 2.75) is 5.66 Å². The first-order valence-electron chi connectivity index (χ1n) is 8.71. The number of hydrogen-bond donors (Lipinski definition) is 0. The molecule has 0 amide bonds. The molecule has 0 unspecified atom stereocenters. The summed E-state index contributed by atoms with van der Waals surface area (Å²) in [6, 6.07) is 24.8. The Morgan fingerprint density at radius 2 is 1.38 bits per heavy atom. The summed E-state index contributed by atoms with van der Waals surface area (Å²) in [4.78, 5) is 10.8. The monoisotopic (exact) mass is 408 g/mol. The highest BCUT2D eigenvalue weighted by Gasteiger charge is 2.44. The van der Waals surface area contributed by atoms with Gasteiger partial charge in [0, 0.05) is 4.92 Å². The van der Waals surface area contributed by atoms with Crippen LogP contribution in [0.4, 0.5) is 0 Å². The highest BCUT2D eigenvalue weighted by Crippen LogP contribution is 2.60. The Morgan fingerprint density at radius 1 is 0.897 bits per heavy atom. The number of hydrogen-bond acceptors (Lipinski definition) is 6. The van der Waals surface area contributed by atoms with Crippen LogP contribution < -0.4 is 9.05 Å². The molecule has 7 nitrogen and oxygen atoms in total. The van der Waals surface area contributed by atoms with Gasteiger partial charge in [0.1, 0.15) is 11.5 Å². The van der Waals surface area contributed by atoms with Gasteiger partial charge in [0.25, 0.3) is 0 Å². The first-order valence-corrected chi connectivity index (χ1v) is 10.3. The highest BCUT2D eigenvalue weighted by atomic mass is 31.2. The van der Waals surface area contributed by atoms with Crippen molar-refractivity contribution in [2.24, 2.45) is 0 Å². The highest BCUT2D eigenvalue weighted by molar-refractivity contribution is 7.55. The summed E-state index contributed by atoms with van der Waals surface area (Å²) in [5.74, 6) is 0.544. The van der Waals surface area contributed by atoms with Crippen molar-refractivity contribution >= 4 is 7.60 Å². The molecule has 0 aliphatic heterocycles. The largest absolute Gasteiger partial charge is 0.444 e.